The zero-order valence-corrected chi connectivity index (χ0v) is 15.4. The second-order valence-corrected chi connectivity index (χ2v) is 7.00. The molecule has 1 fully saturated rings. The highest BCUT2D eigenvalue weighted by atomic mass is 19.1. The number of hydrogen-bond acceptors (Lipinski definition) is 6. The van der Waals surface area contributed by atoms with Gasteiger partial charge in [-0.15, -0.1) is 10.2 Å². The van der Waals surface area contributed by atoms with E-state index in [4.69, 9.17) is 4.74 Å². The van der Waals surface area contributed by atoms with Gasteiger partial charge in [-0.2, -0.15) is 0 Å². The third-order valence-corrected chi connectivity index (χ3v) is 5.28. The molecule has 0 aliphatic carbocycles. The van der Waals surface area contributed by atoms with Gasteiger partial charge < -0.3 is 14.2 Å². The number of nitrogens with zero attached hydrogens (tertiary/aromatic N) is 6. The van der Waals surface area contributed by atoms with Crippen molar-refractivity contribution < 1.29 is 18.3 Å². The Labute approximate surface area is 164 Å². The topological polar surface area (TPSA) is 86.0 Å². The number of carbonyl (C=O) groups is 1. The summed E-state index contributed by atoms with van der Waals surface area (Å²) in [5.74, 6) is -0.837. The second kappa shape index (κ2) is 6.66. The third-order valence-electron chi connectivity index (χ3n) is 5.28. The maximum absolute atomic E-state index is 14.5. The first-order valence-electron chi connectivity index (χ1n) is 9.11. The van der Waals surface area contributed by atoms with Crippen molar-refractivity contribution in [3.63, 3.8) is 0 Å². The summed E-state index contributed by atoms with van der Waals surface area (Å²) in [7, 11) is 0. The molecule has 0 unspecified atom stereocenters. The molecular formula is C19H16F2N6O2. The average molecular weight is 398 g/mol. The summed E-state index contributed by atoms with van der Waals surface area (Å²) >= 11 is 0. The molecule has 0 saturated carbocycles. The van der Waals surface area contributed by atoms with Gasteiger partial charge in [0.15, 0.2) is 23.3 Å². The number of fused-ring (bicyclic) bond motifs is 4. The van der Waals surface area contributed by atoms with Gasteiger partial charge >= 0.3 is 0 Å². The van der Waals surface area contributed by atoms with E-state index in [-0.39, 0.29) is 36.2 Å². The summed E-state index contributed by atoms with van der Waals surface area (Å²) in [6, 6.07) is 3.25. The van der Waals surface area contributed by atoms with Crippen LogP contribution in [0.25, 0.3) is 11.5 Å². The van der Waals surface area contributed by atoms with Gasteiger partial charge in [0.2, 0.25) is 0 Å². The van der Waals surface area contributed by atoms with Gasteiger partial charge in [-0.25, -0.2) is 13.8 Å². The van der Waals surface area contributed by atoms with Crippen molar-refractivity contribution in [2.24, 2.45) is 0 Å². The number of morpholine rings is 1. The minimum absolute atomic E-state index is 0.0432. The van der Waals surface area contributed by atoms with Crippen LogP contribution in [0.4, 0.5) is 8.78 Å². The molecule has 1 saturated heterocycles. The molecule has 0 aromatic carbocycles. The Morgan fingerprint density at radius 1 is 1.17 bits per heavy atom. The molecule has 3 aromatic heterocycles. The fourth-order valence-corrected chi connectivity index (χ4v) is 3.91. The monoisotopic (exact) mass is 398 g/mol. The van der Waals surface area contributed by atoms with Crippen LogP contribution >= 0.6 is 0 Å². The van der Waals surface area contributed by atoms with Gasteiger partial charge in [0.1, 0.15) is 11.7 Å². The third kappa shape index (κ3) is 2.70. The summed E-state index contributed by atoms with van der Waals surface area (Å²) in [6.45, 7) is 2.27. The Bertz CT molecular complexity index is 1120. The first-order valence-corrected chi connectivity index (χ1v) is 9.11. The number of pyridine rings is 2. The largest absolute Gasteiger partial charge is 0.377 e. The molecule has 5 rings (SSSR count). The standard InChI is InChI=1S/C19H16F2N6O2/c1-10-15(21)12(4-6-22-10)19(28)27-11-7-26-17(14(27)9-29-8-11)24-25-18(26)16-13(20)3-2-5-23-16/h2-6,11,14H,7-9H2,1H3/t11-,14-/m1/s1. The summed E-state index contributed by atoms with van der Waals surface area (Å²) in [5.41, 5.74) is 0.213. The predicted molar refractivity (Wildman–Crippen MR) is 95.7 cm³/mol. The number of carbonyl (C=O) groups excluding carboxylic acids is 1. The van der Waals surface area contributed by atoms with Crippen LogP contribution in [0.3, 0.4) is 0 Å². The van der Waals surface area contributed by atoms with Gasteiger partial charge in [0.25, 0.3) is 5.91 Å². The molecule has 2 aliphatic rings. The summed E-state index contributed by atoms with van der Waals surface area (Å²) < 4.78 is 36.2. The molecule has 3 aromatic rings. The highest BCUT2D eigenvalue weighted by Crippen LogP contribution is 2.36. The van der Waals surface area contributed by atoms with E-state index in [1.165, 1.54) is 37.5 Å². The lowest BCUT2D eigenvalue weighted by Gasteiger charge is -2.45. The number of aryl methyl sites for hydroxylation is 1. The fraction of sp³-hybridized carbons (Fsp3) is 0.316. The molecule has 148 valence electrons. The Morgan fingerprint density at radius 2 is 2.03 bits per heavy atom. The molecular weight excluding hydrogens is 382 g/mol. The van der Waals surface area contributed by atoms with E-state index in [1.807, 2.05) is 0 Å². The van der Waals surface area contributed by atoms with E-state index in [1.54, 1.807) is 9.47 Å². The molecule has 1 amide bonds. The number of ether oxygens (including phenoxy) is 1. The zero-order chi connectivity index (χ0) is 20.1. The first-order chi connectivity index (χ1) is 14.1. The van der Waals surface area contributed by atoms with Crippen molar-refractivity contribution in [1.82, 2.24) is 29.6 Å². The number of halogens is 2. The number of aromatic nitrogens is 5. The Balaban J connectivity index is 1.57. The van der Waals surface area contributed by atoms with Gasteiger partial charge in [-0.05, 0) is 25.1 Å². The van der Waals surface area contributed by atoms with Crippen molar-refractivity contribution in [1.29, 1.82) is 0 Å². The van der Waals surface area contributed by atoms with Gasteiger partial charge in [0, 0.05) is 18.9 Å². The lowest BCUT2D eigenvalue weighted by Crippen LogP contribution is -2.56. The maximum Gasteiger partial charge on any atom is 0.258 e. The molecule has 0 spiro atoms. The van der Waals surface area contributed by atoms with Crippen LogP contribution < -0.4 is 0 Å². The first kappa shape index (κ1) is 17.8. The van der Waals surface area contributed by atoms with Crippen molar-refractivity contribution in [3.8, 4) is 11.5 Å². The summed E-state index contributed by atoms with van der Waals surface area (Å²) in [4.78, 5) is 22.7. The summed E-state index contributed by atoms with van der Waals surface area (Å²) in [5, 5.41) is 8.31. The van der Waals surface area contributed by atoms with E-state index >= 15 is 0 Å². The minimum atomic E-state index is -0.639. The molecule has 8 nitrogen and oxygen atoms in total. The van der Waals surface area contributed by atoms with Crippen LogP contribution in [-0.4, -0.2) is 54.8 Å². The molecule has 5 heterocycles. The van der Waals surface area contributed by atoms with E-state index in [2.05, 4.69) is 20.2 Å². The predicted octanol–water partition coefficient (Wildman–Crippen LogP) is 1.92. The van der Waals surface area contributed by atoms with Crippen molar-refractivity contribution >= 4 is 5.91 Å². The van der Waals surface area contributed by atoms with Crippen LogP contribution in [0.5, 0.6) is 0 Å². The SMILES string of the molecule is Cc1nccc(C(=O)N2[C@H]3COC[C@@H]2c2nnc(-c4ncccc4F)n2C3)c1F. The second-order valence-electron chi connectivity index (χ2n) is 7.00. The normalized spacial score (nSPS) is 20.4. The van der Waals surface area contributed by atoms with Crippen molar-refractivity contribution in [3.05, 3.63) is 59.3 Å². The lowest BCUT2D eigenvalue weighted by molar-refractivity contribution is -0.0571. The molecule has 2 bridgehead atoms. The van der Waals surface area contributed by atoms with Crippen molar-refractivity contribution in [2.75, 3.05) is 13.2 Å². The molecule has 0 radical (unpaired) electrons. The highest BCUT2D eigenvalue weighted by Gasteiger charge is 2.44. The lowest BCUT2D eigenvalue weighted by atomic mass is 10.0. The number of rotatable bonds is 2. The Kier molecular flexibility index (Phi) is 4.09. The van der Waals surface area contributed by atoms with Gasteiger partial charge in [-0.3, -0.25) is 9.78 Å². The minimum Gasteiger partial charge on any atom is -0.377 e. The molecule has 29 heavy (non-hydrogen) atoms. The van der Waals surface area contributed by atoms with Crippen LogP contribution in [0.1, 0.15) is 27.9 Å². The Hall–Kier alpha value is -3.27. The van der Waals surface area contributed by atoms with Crippen molar-refractivity contribution in [2.45, 2.75) is 25.6 Å². The van der Waals surface area contributed by atoms with E-state index in [9.17, 15) is 13.6 Å². The van der Waals surface area contributed by atoms with Gasteiger partial charge in [-0.1, -0.05) is 0 Å². The van der Waals surface area contributed by atoms with E-state index in [0.29, 0.717) is 18.2 Å². The van der Waals surface area contributed by atoms with Crippen LogP contribution in [0.15, 0.2) is 30.6 Å². The number of amides is 1. The molecule has 10 heteroatoms. The highest BCUT2D eigenvalue weighted by molar-refractivity contribution is 5.95. The van der Waals surface area contributed by atoms with Gasteiger partial charge in [0.05, 0.1) is 30.5 Å². The zero-order valence-electron chi connectivity index (χ0n) is 15.4. The quantitative estimate of drug-likeness (QED) is 0.656. The fourth-order valence-electron chi connectivity index (χ4n) is 3.91. The van der Waals surface area contributed by atoms with Crippen LogP contribution in [-0.2, 0) is 11.3 Å². The molecule has 2 aliphatic heterocycles. The molecule has 2 atom stereocenters. The number of hydrogen-bond donors (Lipinski definition) is 0. The van der Waals surface area contributed by atoms with Crippen LogP contribution in [0.2, 0.25) is 0 Å². The van der Waals surface area contributed by atoms with E-state index in [0.717, 1.165) is 0 Å². The smallest absolute Gasteiger partial charge is 0.258 e. The maximum atomic E-state index is 14.5. The summed E-state index contributed by atoms with van der Waals surface area (Å²) in [6.07, 6.45) is 2.89. The Morgan fingerprint density at radius 3 is 2.86 bits per heavy atom. The average Bonchev–Trinajstić information content (AvgIpc) is 3.13. The van der Waals surface area contributed by atoms with Crippen LogP contribution in [0, 0.1) is 18.6 Å². The molecule has 0 N–H and O–H groups in total. The van der Waals surface area contributed by atoms with E-state index < -0.39 is 23.6 Å².